The molecule has 0 aromatic carbocycles. The van der Waals surface area contributed by atoms with Crippen LogP contribution in [0.25, 0.3) is 0 Å². The Morgan fingerprint density at radius 1 is 1.04 bits per heavy atom. The van der Waals surface area contributed by atoms with Gasteiger partial charge in [0.15, 0.2) is 0 Å². The second kappa shape index (κ2) is 14.2. The first-order chi connectivity index (χ1) is 11.0. The Labute approximate surface area is 140 Å². The van der Waals surface area contributed by atoms with Gasteiger partial charge < -0.3 is 15.7 Å². The van der Waals surface area contributed by atoms with Crippen molar-refractivity contribution in [1.82, 2.24) is 10.6 Å². The van der Waals surface area contributed by atoms with Crippen molar-refractivity contribution in [2.24, 2.45) is 0 Å². The maximum atomic E-state index is 11.4. The monoisotopic (exact) mass is 326 g/mol. The van der Waals surface area contributed by atoms with E-state index in [-0.39, 0.29) is 17.9 Å². The van der Waals surface area contributed by atoms with E-state index >= 15 is 0 Å². The van der Waals surface area contributed by atoms with Crippen LogP contribution in [0, 0.1) is 0 Å². The molecule has 0 aliphatic carbocycles. The zero-order valence-electron chi connectivity index (χ0n) is 14.8. The molecule has 134 valence electrons. The van der Waals surface area contributed by atoms with Crippen molar-refractivity contribution in [2.75, 3.05) is 6.54 Å². The molecule has 0 radical (unpaired) electrons. The molecule has 0 saturated heterocycles. The fraction of sp³-hybridized carbons (Fsp3) is 0.778. The second-order valence-electron chi connectivity index (χ2n) is 6.28. The van der Waals surface area contributed by atoms with Gasteiger partial charge in [0.25, 0.3) is 0 Å². The molecule has 0 aliphatic rings. The van der Waals surface area contributed by atoms with E-state index in [2.05, 4.69) is 17.2 Å². The van der Waals surface area contributed by atoms with E-state index < -0.39 is 6.10 Å². The molecule has 0 fully saturated rings. The van der Waals surface area contributed by atoms with E-state index in [9.17, 15) is 9.59 Å². The number of rotatable bonds is 14. The first kappa shape index (κ1) is 21.6. The van der Waals surface area contributed by atoms with Crippen LogP contribution in [0.4, 0.5) is 0 Å². The summed E-state index contributed by atoms with van der Waals surface area (Å²) >= 11 is 0. The Hall–Kier alpha value is -1.36. The highest BCUT2D eigenvalue weighted by molar-refractivity contribution is 5.87. The molecule has 0 aromatic heterocycles. The molecule has 5 heteroatoms. The second-order valence-corrected chi connectivity index (χ2v) is 6.28. The smallest absolute Gasteiger partial charge is 0.243 e. The summed E-state index contributed by atoms with van der Waals surface area (Å²) in [7, 11) is 0. The van der Waals surface area contributed by atoms with E-state index in [0.717, 1.165) is 32.1 Å². The Bertz CT molecular complexity index is 343. The molecule has 0 aromatic rings. The van der Waals surface area contributed by atoms with Gasteiger partial charge in [-0.3, -0.25) is 9.59 Å². The van der Waals surface area contributed by atoms with Crippen LogP contribution in [0.3, 0.4) is 0 Å². The van der Waals surface area contributed by atoms with Crippen LogP contribution in [0.5, 0.6) is 0 Å². The average molecular weight is 326 g/mol. The molecular weight excluding hydrogens is 292 g/mol. The minimum absolute atomic E-state index is 0.0291. The van der Waals surface area contributed by atoms with E-state index in [1.54, 1.807) is 6.92 Å². The fourth-order valence-corrected chi connectivity index (χ4v) is 2.34. The first-order valence-corrected chi connectivity index (χ1v) is 8.83. The third kappa shape index (κ3) is 15.3. The van der Waals surface area contributed by atoms with Crippen LogP contribution >= 0.6 is 0 Å². The van der Waals surface area contributed by atoms with Gasteiger partial charge >= 0.3 is 0 Å². The number of carbonyl (C=O) groups excluding carboxylic acids is 2. The SMILES string of the molecule is C=CC(=O)NC(C)CCCCCCCCCC(=O)NCC(C)O. The Balaban J connectivity index is 3.32. The van der Waals surface area contributed by atoms with E-state index in [4.69, 9.17) is 5.11 Å². The highest BCUT2D eigenvalue weighted by atomic mass is 16.3. The maximum absolute atomic E-state index is 11.4. The van der Waals surface area contributed by atoms with Crippen molar-refractivity contribution in [1.29, 1.82) is 0 Å². The molecule has 2 unspecified atom stereocenters. The number of hydrogen-bond donors (Lipinski definition) is 3. The van der Waals surface area contributed by atoms with Gasteiger partial charge in [-0.15, -0.1) is 0 Å². The summed E-state index contributed by atoms with van der Waals surface area (Å²) in [6.07, 6.45) is 10.2. The van der Waals surface area contributed by atoms with Crippen LogP contribution in [-0.4, -0.2) is 35.6 Å². The van der Waals surface area contributed by atoms with Crippen LogP contribution in [0.1, 0.15) is 71.6 Å². The summed E-state index contributed by atoms with van der Waals surface area (Å²) < 4.78 is 0. The summed E-state index contributed by atoms with van der Waals surface area (Å²) in [6, 6.07) is 0.209. The van der Waals surface area contributed by atoms with Gasteiger partial charge in [-0.25, -0.2) is 0 Å². The van der Waals surface area contributed by atoms with Gasteiger partial charge in [-0.05, 0) is 32.8 Å². The standard InChI is InChI=1S/C18H34N2O3/c1-4-17(22)20-15(2)12-10-8-6-5-7-9-11-13-18(23)19-14-16(3)21/h4,15-16,21H,1,5-14H2,2-3H3,(H,19,23)(H,20,22). The summed E-state index contributed by atoms with van der Waals surface area (Å²) in [5.41, 5.74) is 0. The van der Waals surface area contributed by atoms with Gasteiger partial charge in [-0.2, -0.15) is 0 Å². The number of nitrogens with one attached hydrogen (secondary N) is 2. The lowest BCUT2D eigenvalue weighted by Crippen LogP contribution is -2.30. The van der Waals surface area contributed by atoms with Gasteiger partial charge in [0.05, 0.1) is 6.10 Å². The molecule has 0 bridgehead atoms. The molecular formula is C18H34N2O3. The molecule has 0 heterocycles. The molecule has 2 amide bonds. The molecule has 3 N–H and O–H groups in total. The van der Waals surface area contributed by atoms with Crippen molar-refractivity contribution in [3.05, 3.63) is 12.7 Å². The first-order valence-electron chi connectivity index (χ1n) is 8.83. The predicted molar refractivity (Wildman–Crippen MR) is 94.0 cm³/mol. The van der Waals surface area contributed by atoms with E-state index in [1.165, 1.54) is 25.3 Å². The largest absolute Gasteiger partial charge is 0.392 e. The van der Waals surface area contributed by atoms with Crippen LogP contribution in [0.2, 0.25) is 0 Å². The topological polar surface area (TPSA) is 78.4 Å². The van der Waals surface area contributed by atoms with Gasteiger partial charge in [-0.1, -0.05) is 45.1 Å². The van der Waals surface area contributed by atoms with Crippen LogP contribution in [0.15, 0.2) is 12.7 Å². The van der Waals surface area contributed by atoms with Crippen molar-refractivity contribution < 1.29 is 14.7 Å². The van der Waals surface area contributed by atoms with Crippen molar-refractivity contribution in [2.45, 2.75) is 83.8 Å². The number of aliphatic hydroxyl groups excluding tert-OH is 1. The molecule has 0 saturated carbocycles. The zero-order valence-corrected chi connectivity index (χ0v) is 14.8. The lowest BCUT2D eigenvalue weighted by Gasteiger charge is -2.11. The molecule has 5 nitrogen and oxygen atoms in total. The lowest BCUT2D eigenvalue weighted by molar-refractivity contribution is -0.121. The van der Waals surface area contributed by atoms with E-state index in [1.807, 2.05) is 6.92 Å². The third-order valence-electron chi connectivity index (χ3n) is 3.71. The predicted octanol–water partition coefficient (Wildman–Crippen LogP) is 2.69. The fourth-order valence-electron chi connectivity index (χ4n) is 2.34. The molecule has 0 rings (SSSR count). The molecule has 0 aliphatic heterocycles. The number of hydrogen-bond acceptors (Lipinski definition) is 3. The van der Waals surface area contributed by atoms with Crippen LogP contribution in [-0.2, 0) is 9.59 Å². The lowest BCUT2D eigenvalue weighted by atomic mass is 10.0. The Morgan fingerprint density at radius 2 is 1.61 bits per heavy atom. The zero-order chi connectivity index (χ0) is 17.5. The minimum Gasteiger partial charge on any atom is -0.392 e. The highest BCUT2D eigenvalue weighted by Gasteiger charge is 2.04. The molecule has 23 heavy (non-hydrogen) atoms. The molecule has 2 atom stereocenters. The summed E-state index contributed by atoms with van der Waals surface area (Å²) in [5.74, 6) is -0.0727. The van der Waals surface area contributed by atoms with Gasteiger partial charge in [0, 0.05) is 19.0 Å². The van der Waals surface area contributed by atoms with Crippen molar-refractivity contribution in [3.63, 3.8) is 0 Å². The number of carbonyl (C=O) groups is 2. The number of amides is 2. The Morgan fingerprint density at radius 3 is 2.17 bits per heavy atom. The Kier molecular flexibility index (Phi) is 13.4. The van der Waals surface area contributed by atoms with Gasteiger partial charge in [0.1, 0.15) is 0 Å². The van der Waals surface area contributed by atoms with E-state index in [0.29, 0.717) is 13.0 Å². The van der Waals surface area contributed by atoms with Crippen molar-refractivity contribution >= 4 is 11.8 Å². The normalized spacial score (nSPS) is 13.2. The summed E-state index contributed by atoms with van der Waals surface area (Å²) in [6.45, 7) is 7.46. The number of aliphatic hydroxyl groups is 1. The summed E-state index contributed by atoms with van der Waals surface area (Å²) in [4.78, 5) is 22.5. The van der Waals surface area contributed by atoms with Gasteiger partial charge in [0.2, 0.25) is 11.8 Å². The maximum Gasteiger partial charge on any atom is 0.243 e. The average Bonchev–Trinajstić information content (AvgIpc) is 2.51. The highest BCUT2D eigenvalue weighted by Crippen LogP contribution is 2.10. The van der Waals surface area contributed by atoms with Crippen LogP contribution < -0.4 is 10.6 Å². The summed E-state index contributed by atoms with van der Waals surface area (Å²) in [5, 5.41) is 14.6. The quantitative estimate of drug-likeness (QED) is 0.339. The molecule has 0 spiro atoms. The number of unbranched alkanes of at least 4 members (excludes halogenated alkanes) is 6. The van der Waals surface area contributed by atoms with Crippen molar-refractivity contribution in [3.8, 4) is 0 Å². The minimum atomic E-state index is -0.480. The third-order valence-corrected chi connectivity index (χ3v) is 3.71.